The number of nitro benzene ring substituents is 1. The number of rotatable bonds is 3. The predicted octanol–water partition coefficient (Wildman–Crippen LogP) is 4.20. The van der Waals surface area contributed by atoms with Crippen LogP contribution >= 0.6 is 22.9 Å². The molecule has 2 aromatic rings. The van der Waals surface area contributed by atoms with E-state index < -0.39 is 4.92 Å². The number of non-ortho nitro benzene ring substituents is 1. The highest BCUT2D eigenvalue weighted by Crippen LogP contribution is 2.36. The second-order valence-electron chi connectivity index (χ2n) is 5.21. The molecule has 1 aliphatic rings. The summed E-state index contributed by atoms with van der Waals surface area (Å²) in [6, 6.07) is 5.04. The van der Waals surface area contributed by atoms with Crippen molar-refractivity contribution in [3.05, 3.63) is 55.2 Å². The molecule has 3 rings (SSSR count). The third-order valence-corrected chi connectivity index (χ3v) is 4.74. The van der Waals surface area contributed by atoms with Crippen molar-refractivity contribution in [1.82, 2.24) is 0 Å². The summed E-state index contributed by atoms with van der Waals surface area (Å²) in [6.07, 6.45) is 0.00524. The van der Waals surface area contributed by atoms with Crippen LogP contribution in [0, 0.1) is 17.0 Å². The van der Waals surface area contributed by atoms with Gasteiger partial charge in [0.1, 0.15) is 6.10 Å². The van der Waals surface area contributed by atoms with Crippen LogP contribution in [0.25, 0.3) is 0 Å². The first kappa shape index (κ1) is 15.3. The minimum absolute atomic E-state index is 0.00524. The van der Waals surface area contributed by atoms with Gasteiger partial charge >= 0.3 is 0 Å². The Morgan fingerprint density at radius 2 is 2.32 bits per heavy atom. The summed E-state index contributed by atoms with van der Waals surface area (Å²) in [5.74, 6) is 0. The molecule has 1 fully saturated rings. The van der Waals surface area contributed by atoms with Gasteiger partial charge in [0.25, 0.3) is 5.69 Å². The number of hydrogen-bond acceptors (Lipinski definition) is 5. The maximum atomic E-state index is 10.9. The predicted molar refractivity (Wildman–Crippen MR) is 88.1 cm³/mol. The number of morpholine rings is 1. The zero-order valence-electron chi connectivity index (χ0n) is 12.0. The Hall–Kier alpha value is -1.63. The summed E-state index contributed by atoms with van der Waals surface area (Å²) >= 11 is 7.94. The van der Waals surface area contributed by atoms with Crippen molar-refractivity contribution >= 4 is 34.3 Å². The number of hydrogen-bond donors (Lipinski definition) is 0. The lowest BCUT2D eigenvalue weighted by Gasteiger charge is -2.35. The van der Waals surface area contributed by atoms with Crippen LogP contribution in [-0.4, -0.2) is 24.6 Å². The molecule has 1 saturated heterocycles. The fraction of sp³-hybridized carbons (Fsp3) is 0.333. The Labute approximate surface area is 137 Å². The Morgan fingerprint density at radius 3 is 2.95 bits per heavy atom. The van der Waals surface area contributed by atoms with E-state index in [1.54, 1.807) is 17.4 Å². The largest absolute Gasteiger partial charge is 0.370 e. The molecule has 22 heavy (non-hydrogen) atoms. The van der Waals surface area contributed by atoms with Crippen LogP contribution in [0.4, 0.5) is 11.4 Å². The van der Waals surface area contributed by atoms with Crippen molar-refractivity contribution in [3.8, 4) is 0 Å². The monoisotopic (exact) mass is 338 g/mol. The Morgan fingerprint density at radius 1 is 1.50 bits per heavy atom. The Bertz CT molecular complexity index is 667. The van der Waals surface area contributed by atoms with Gasteiger partial charge in [0.2, 0.25) is 0 Å². The van der Waals surface area contributed by atoms with Gasteiger partial charge in [0.15, 0.2) is 0 Å². The van der Waals surface area contributed by atoms with Gasteiger partial charge in [-0.3, -0.25) is 10.1 Å². The van der Waals surface area contributed by atoms with Crippen molar-refractivity contribution in [1.29, 1.82) is 0 Å². The lowest BCUT2D eigenvalue weighted by atomic mass is 10.1. The van der Waals surface area contributed by atoms with E-state index in [-0.39, 0.29) is 11.8 Å². The Kier molecular flexibility index (Phi) is 4.33. The van der Waals surface area contributed by atoms with Gasteiger partial charge in [0.05, 0.1) is 22.2 Å². The maximum Gasteiger partial charge on any atom is 0.271 e. The highest BCUT2D eigenvalue weighted by Gasteiger charge is 2.26. The van der Waals surface area contributed by atoms with E-state index >= 15 is 0 Å². The van der Waals surface area contributed by atoms with Crippen molar-refractivity contribution in [2.24, 2.45) is 0 Å². The summed E-state index contributed by atoms with van der Waals surface area (Å²) < 4.78 is 5.83. The van der Waals surface area contributed by atoms with Crippen LogP contribution in [0.2, 0.25) is 5.02 Å². The molecule has 1 aromatic carbocycles. The second kappa shape index (κ2) is 6.24. The van der Waals surface area contributed by atoms with Crippen molar-refractivity contribution in [3.63, 3.8) is 0 Å². The molecule has 1 unspecified atom stereocenters. The lowest BCUT2D eigenvalue weighted by molar-refractivity contribution is -0.384. The molecule has 5 nitrogen and oxygen atoms in total. The van der Waals surface area contributed by atoms with E-state index in [1.807, 2.05) is 12.3 Å². The first-order valence-corrected chi connectivity index (χ1v) is 8.21. The summed E-state index contributed by atoms with van der Waals surface area (Å²) in [4.78, 5) is 12.6. The normalized spacial score (nSPS) is 18.5. The van der Waals surface area contributed by atoms with Gasteiger partial charge in [-0.25, -0.2) is 0 Å². The summed E-state index contributed by atoms with van der Waals surface area (Å²) in [5.41, 5.74) is 2.85. The average Bonchev–Trinajstić information content (AvgIpc) is 3.01. The number of benzene rings is 1. The highest BCUT2D eigenvalue weighted by molar-refractivity contribution is 7.07. The van der Waals surface area contributed by atoms with Crippen LogP contribution < -0.4 is 4.90 Å². The number of anilines is 1. The van der Waals surface area contributed by atoms with Crippen LogP contribution in [0.1, 0.15) is 17.2 Å². The smallest absolute Gasteiger partial charge is 0.271 e. The molecule has 0 aliphatic carbocycles. The number of ether oxygens (including phenoxy) is 1. The minimum atomic E-state index is -0.420. The van der Waals surface area contributed by atoms with E-state index in [1.165, 1.54) is 6.07 Å². The molecule has 116 valence electrons. The number of thiophene rings is 1. The molecule has 0 radical (unpaired) electrons. The molecule has 1 aliphatic heterocycles. The van der Waals surface area contributed by atoms with Crippen molar-refractivity contribution in [2.75, 3.05) is 24.6 Å². The topological polar surface area (TPSA) is 55.6 Å². The van der Waals surface area contributed by atoms with Crippen LogP contribution in [0.15, 0.2) is 29.0 Å². The molecule has 0 saturated carbocycles. The van der Waals surface area contributed by atoms with Gasteiger partial charge in [-0.2, -0.15) is 11.3 Å². The average molecular weight is 339 g/mol. The molecule has 0 bridgehead atoms. The maximum absolute atomic E-state index is 10.9. The third-order valence-electron chi connectivity index (χ3n) is 3.75. The number of nitrogens with zero attached hydrogens (tertiary/aromatic N) is 2. The molecule has 0 spiro atoms. The quantitative estimate of drug-likeness (QED) is 0.621. The van der Waals surface area contributed by atoms with Crippen LogP contribution in [0.3, 0.4) is 0 Å². The van der Waals surface area contributed by atoms with Crippen molar-refractivity contribution < 1.29 is 9.66 Å². The van der Waals surface area contributed by atoms with Gasteiger partial charge in [0, 0.05) is 25.2 Å². The minimum Gasteiger partial charge on any atom is -0.370 e. The molecular formula is C15H15ClN2O3S. The number of nitro groups is 1. The van der Waals surface area contributed by atoms with Crippen LogP contribution in [-0.2, 0) is 4.74 Å². The Balaban J connectivity index is 1.89. The second-order valence-corrected chi connectivity index (χ2v) is 6.40. The molecule has 2 heterocycles. The van der Waals surface area contributed by atoms with Gasteiger partial charge in [-0.1, -0.05) is 11.6 Å². The lowest BCUT2D eigenvalue weighted by Crippen LogP contribution is -2.38. The van der Waals surface area contributed by atoms with Gasteiger partial charge in [-0.05, 0) is 34.9 Å². The fourth-order valence-electron chi connectivity index (χ4n) is 2.74. The first-order chi connectivity index (χ1) is 10.6. The molecule has 1 atom stereocenters. The van der Waals surface area contributed by atoms with E-state index in [4.69, 9.17) is 16.3 Å². The van der Waals surface area contributed by atoms with Crippen molar-refractivity contribution in [2.45, 2.75) is 13.0 Å². The van der Waals surface area contributed by atoms with E-state index in [0.717, 1.165) is 23.4 Å². The van der Waals surface area contributed by atoms with Gasteiger partial charge < -0.3 is 9.64 Å². The van der Waals surface area contributed by atoms with E-state index in [0.29, 0.717) is 18.2 Å². The summed E-state index contributed by atoms with van der Waals surface area (Å²) in [5, 5.41) is 15.4. The fourth-order valence-corrected chi connectivity index (χ4v) is 3.82. The summed E-state index contributed by atoms with van der Waals surface area (Å²) in [7, 11) is 0. The zero-order valence-corrected chi connectivity index (χ0v) is 13.6. The zero-order chi connectivity index (χ0) is 15.7. The highest BCUT2D eigenvalue weighted by atomic mass is 35.5. The molecular weight excluding hydrogens is 324 g/mol. The van der Waals surface area contributed by atoms with Crippen LogP contribution in [0.5, 0.6) is 0 Å². The SMILES string of the molecule is Cc1cc([N+](=O)[O-])cc(Cl)c1N1CCOC(c2ccsc2)C1. The molecule has 1 aromatic heterocycles. The standard InChI is InChI=1S/C15H15ClN2O3S/c1-10-6-12(18(19)20)7-13(16)15(10)17-3-4-21-14(8-17)11-2-5-22-9-11/h2,5-7,9,14H,3-4,8H2,1H3. The third kappa shape index (κ3) is 2.95. The molecule has 0 amide bonds. The van der Waals surface area contributed by atoms with Gasteiger partial charge in [-0.15, -0.1) is 0 Å². The molecule has 0 N–H and O–H groups in total. The molecule has 7 heteroatoms. The van der Waals surface area contributed by atoms with E-state index in [9.17, 15) is 10.1 Å². The number of halogens is 1. The van der Waals surface area contributed by atoms with E-state index in [2.05, 4.69) is 16.3 Å². The summed E-state index contributed by atoms with van der Waals surface area (Å²) in [6.45, 7) is 3.87. The first-order valence-electron chi connectivity index (χ1n) is 6.89. The number of aryl methyl sites for hydroxylation is 1.